The summed E-state index contributed by atoms with van der Waals surface area (Å²) in [5.41, 5.74) is 1.07. The Balaban J connectivity index is 2.02. The quantitative estimate of drug-likeness (QED) is 0.451. The lowest BCUT2D eigenvalue weighted by molar-refractivity contribution is 0.397. The first kappa shape index (κ1) is 12.5. The maximum atomic E-state index is 6.02. The van der Waals surface area contributed by atoms with Crippen molar-refractivity contribution in [3.63, 3.8) is 0 Å². The fraction of sp³-hybridized carbons (Fsp3) is 0.0909. The van der Waals surface area contributed by atoms with Gasteiger partial charge in [-0.15, -0.1) is 0 Å². The van der Waals surface area contributed by atoms with Crippen LogP contribution in [0.15, 0.2) is 23.2 Å². The van der Waals surface area contributed by atoms with Crippen LogP contribution in [0.3, 0.4) is 0 Å². The maximum Gasteiger partial charge on any atom is 0.213 e. The molecule has 2 aromatic rings. The van der Waals surface area contributed by atoms with Gasteiger partial charge in [0, 0.05) is 28.7 Å². The molecule has 8 heteroatoms. The van der Waals surface area contributed by atoms with E-state index in [-0.39, 0.29) is 5.15 Å². The lowest BCUT2D eigenvalue weighted by Gasteiger charge is -2.01. The van der Waals surface area contributed by atoms with Crippen LogP contribution in [0.1, 0.15) is 5.69 Å². The standard InChI is InChI=1S/C11H6ClIN5O/c1-19-6-4-2-3-5(14-6)9-15-7-8(12)16-11(13)18-10(7)17-9/h2-4H,1H3. The van der Waals surface area contributed by atoms with Gasteiger partial charge in [-0.1, -0.05) is 17.7 Å². The zero-order chi connectivity index (χ0) is 13.4. The number of methoxy groups -OCH3 is 1. The number of amidine groups is 1. The molecule has 1 aliphatic rings. The van der Waals surface area contributed by atoms with E-state index >= 15 is 0 Å². The number of nitrogens with zero attached hydrogens (tertiary/aromatic N) is 5. The van der Waals surface area contributed by atoms with Crippen molar-refractivity contribution >= 4 is 51.5 Å². The number of pyridine rings is 1. The number of aliphatic imine (C=N–C) groups is 1. The Hall–Kier alpha value is -1.48. The Morgan fingerprint density at radius 1 is 1.21 bits per heavy atom. The molecule has 0 atom stereocenters. The van der Waals surface area contributed by atoms with Gasteiger partial charge in [-0.05, 0) is 6.07 Å². The average molecular weight is 387 g/mol. The molecule has 2 aromatic heterocycles. The van der Waals surface area contributed by atoms with Crippen LogP contribution in [0.25, 0.3) is 0 Å². The maximum absolute atomic E-state index is 6.02. The summed E-state index contributed by atoms with van der Waals surface area (Å²) in [6.45, 7) is 0. The molecule has 0 amide bonds. The zero-order valence-corrected chi connectivity index (χ0v) is 12.5. The van der Waals surface area contributed by atoms with Gasteiger partial charge in [0.15, 0.2) is 20.6 Å². The van der Waals surface area contributed by atoms with Gasteiger partial charge in [0.25, 0.3) is 0 Å². The molecular weight excluding hydrogens is 381 g/mol. The van der Waals surface area contributed by atoms with E-state index in [0.717, 1.165) is 0 Å². The van der Waals surface area contributed by atoms with Gasteiger partial charge >= 0.3 is 0 Å². The van der Waals surface area contributed by atoms with Crippen molar-refractivity contribution in [2.75, 3.05) is 7.11 Å². The summed E-state index contributed by atoms with van der Waals surface area (Å²) in [6.07, 6.45) is 0. The molecule has 3 heterocycles. The molecule has 0 aliphatic carbocycles. The Kier molecular flexibility index (Phi) is 3.23. The molecule has 1 radical (unpaired) electrons. The first-order chi connectivity index (χ1) is 9.17. The molecule has 3 rings (SSSR count). The van der Waals surface area contributed by atoms with Crippen molar-refractivity contribution in [2.45, 2.75) is 0 Å². The van der Waals surface area contributed by atoms with E-state index in [1.165, 1.54) is 0 Å². The summed E-state index contributed by atoms with van der Waals surface area (Å²) >= 11 is 8.00. The number of ether oxygens (including phenoxy) is 1. The van der Waals surface area contributed by atoms with Crippen LogP contribution in [0, 0.1) is 3.83 Å². The number of fused-ring (bicyclic) bond motifs is 1. The third kappa shape index (κ3) is 2.35. The summed E-state index contributed by atoms with van der Waals surface area (Å²) in [5, 5.41) is 4.60. The largest absolute Gasteiger partial charge is 0.481 e. The summed E-state index contributed by atoms with van der Waals surface area (Å²) in [5.74, 6) is 1.41. The van der Waals surface area contributed by atoms with Crippen molar-refractivity contribution < 1.29 is 4.74 Å². The number of hydrogen-bond donors (Lipinski definition) is 0. The summed E-state index contributed by atoms with van der Waals surface area (Å²) < 4.78 is 5.60. The molecule has 0 N–H and O–H groups in total. The van der Waals surface area contributed by atoms with Gasteiger partial charge < -0.3 is 4.74 Å². The second kappa shape index (κ2) is 4.89. The number of hydrogen-bond acceptors (Lipinski definition) is 5. The second-order valence-corrected chi connectivity index (χ2v) is 4.89. The molecule has 0 saturated heterocycles. The molecule has 19 heavy (non-hydrogen) atoms. The van der Waals surface area contributed by atoms with Crippen molar-refractivity contribution in [2.24, 2.45) is 4.99 Å². The lowest BCUT2D eigenvalue weighted by Crippen LogP contribution is -2.11. The molecule has 0 spiro atoms. The Morgan fingerprint density at radius 2 is 2.05 bits per heavy atom. The Labute approximate surface area is 127 Å². The molecule has 1 aliphatic heterocycles. The molecule has 95 valence electrons. The average Bonchev–Trinajstić information content (AvgIpc) is 2.83. The number of aromatic nitrogens is 3. The molecule has 0 bridgehead atoms. The second-order valence-electron chi connectivity index (χ2n) is 3.57. The first-order valence-electron chi connectivity index (χ1n) is 5.22. The minimum Gasteiger partial charge on any atom is -0.481 e. The molecule has 0 aromatic carbocycles. The van der Waals surface area contributed by atoms with E-state index in [0.29, 0.717) is 32.7 Å². The fourth-order valence-electron chi connectivity index (χ4n) is 1.56. The van der Waals surface area contributed by atoms with E-state index in [1.54, 1.807) is 19.2 Å². The van der Waals surface area contributed by atoms with Crippen LogP contribution in [0.2, 0.25) is 5.15 Å². The number of rotatable bonds is 2. The van der Waals surface area contributed by atoms with Crippen LogP contribution >= 0.6 is 34.2 Å². The van der Waals surface area contributed by atoms with Gasteiger partial charge in [-0.2, -0.15) is 0 Å². The van der Waals surface area contributed by atoms with E-state index in [4.69, 9.17) is 16.3 Å². The predicted octanol–water partition coefficient (Wildman–Crippen LogP) is 2.47. The topological polar surface area (TPSA) is 74.4 Å². The normalized spacial score (nSPS) is 12.7. The SMILES string of the molecule is COc1cccc(C2=Nc3c(Cl)nc(I)nc3[N]2)n1. The van der Waals surface area contributed by atoms with Gasteiger partial charge in [-0.3, -0.25) is 0 Å². The molecule has 0 fully saturated rings. The number of halogens is 2. The molecule has 0 unspecified atom stereocenters. The van der Waals surface area contributed by atoms with Crippen LogP contribution in [-0.4, -0.2) is 27.9 Å². The third-order valence-corrected chi connectivity index (χ3v) is 3.13. The summed E-state index contributed by atoms with van der Waals surface area (Å²) in [7, 11) is 1.55. The van der Waals surface area contributed by atoms with Gasteiger partial charge in [0.2, 0.25) is 5.88 Å². The minimum absolute atomic E-state index is 0.288. The predicted molar refractivity (Wildman–Crippen MR) is 78.5 cm³/mol. The van der Waals surface area contributed by atoms with E-state index in [2.05, 4.69) is 25.3 Å². The van der Waals surface area contributed by atoms with Crippen LogP contribution in [-0.2, 0) is 0 Å². The summed E-state index contributed by atoms with van der Waals surface area (Å²) in [6, 6.07) is 5.37. The van der Waals surface area contributed by atoms with E-state index in [1.807, 2.05) is 28.7 Å². The van der Waals surface area contributed by atoms with Crippen LogP contribution < -0.4 is 10.1 Å². The van der Waals surface area contributed by atoms with E-state index < -0.39 is 0 Å². The van der Waals surface area contributed by atoms with Crippen LogP contribution in [0.4, 0.5) is 11.5 Å². The van der Waals surface area contributed by atoms with Crippen molar-refractivity contribution in [1.29, 1.82) is 0 Å². The van der Waals surface area contributed by atoms with Crippen molar-refractivity contribution in [3.8, 4) is 5.88 Å². The minimum atomic E-state index is 0.288. The molecule has 6 nitrogen and oxygen atoms in total. The van der Waals surface area contributed by atoms with E-state index in [9.17, 15) is 0 Å². The highest BCUT2D eigenvalue weighted by Crippen LogP contribution is 2.35. The van der Waals surface area contributed by atoms with Gasteiger partial charge in [0.1, 0.15) is 11.4 Å². The van der Waals surface area contributed by atoms with Gasteiger partial charge in [-0.25, -0.2) is 25.3 Å². The third-order valence-electron chi connectivity index (χ3n) is 2.39. The highest BCUT2D eigenvalue weighted by atomic mass is 127. The highest BCUT2D eigenvalue weighted by molar-refractivity contribution is 14.1. The van der Waals surface area contributed by atoms with Gasteiger partial charge in [0.05, 0.1) is 7.11 Å². The lowest BCUT2D eigenvalue weighted by atomic mass is 10.3. The van der Waals surface area contributed by atoms with Crippen molar-refractivity contribution in [1.82, 2.24) is 20.3 Å². The highest BCUT2D eigenvalue weighted by Gasteiger charge is 2.24. The molecule has 0 saturated carbocycles. The smallest absolute Gasteiger partial charge is 0.213 e. The van der Waals surface area contributed by atoms with Crippen LogP contribution in [0.5, 0.6) is 5.88 Å². The first-order valence-corrected chi connectivity index (χ1v) is 6.68. The van der Waals surface area contributed by atoms with Crippen molar-refractivity contribution in [3.05, 3.63) is 32.9 Å². The summed E-state index contributed by atoms with van der Waals surface area (Å²) in [4.78, 5) is 16.8. The Bertz CT molecular complexity index is 691. The Morgan fingerprint density at radius 3 is 2.84 bits per heavy atom. The monoisotopic (exact) mass is 386 g/mol. The zero-order valence-electron chi connectivity index (χ0n) is 9.63. The molecular formula is C11H6ClIN5O. The fourth-order valence-corrected chi connectivity index (χ4v) is 2.38.